The Kier molecular flexibility index (Phi) is 6.16. The zero-order valence-corrected chi connectivity index (χ0v) is 20.5. The van der Waals surface area contributed by atoms with E-state index in [1.165, 1.54) is 20.5 Å². The van der Waals surface area contributed by atoms with E-state index in [-0.39, 0.29) is 12.6 Å². The number of imidazole rings is 1. The molecule has 0 bridgehead atoms. The first-order valence-corrected chi connectivity index (χ1v) is 12.3. The van der Waals surface area contributed by atoms with Crippen LogP contribution in [0.3, 0.4) is 0 Å². The van der Waals surface area contributed by atoms with Crippen molar-refractivity contribution in [3.8, 4) is 11.8 Å². The molecule has 11 heteroatoms. The molecule has 176 valence electrons. The lowest BCUT2D eigenvalue weighted by Crippen LogP contribution is -2.44. The van der Waals surface area contributed by atoms with Crippen LogP contribution in [-0.2, 0) is 20.1 Å². The third-order valence-electron chi connectivity index (χ3n) is 6.12. The van der Waals surface area contributed by atoms with Crippen molar-refractivity contribution in [2.75, 3.05) is 18.0 Å². The Labute approximate surface area is 204 Å². The van der Waals surface area contributed by atoms with Crippen molar-refractivity contribution >= 4 is 50.4 Å². The first kappa shape index (κ1) is 22.7. The average molecular weight is 498 g/mol. The molecule has 1 N–H and O–H groups in total. The summed E-state index contributed by atoms with van der Waals surface area (Å²) in [6, 6.07) is 7.88. The Morgan fingerprint density at radius 2 is 2.06 bits per heavy atom. The number of halogens is 1. The normalized spacial score (nSPS) is 16.2. The molecule has 34 heavy (non-hydrogen) atoms. The molecule has 1 saturated heterocycles. The van der Waals surface area contributed by atoms with Crippen LogP contribution in [0, 0.1) is 11.8 Å². The summed E-state index contributed by atoms with van der Waals surface area (Å²) in [5.41, 5.74) is 0.754. The lowest BCUT2D eigenvalue weighted by molar-refractivity contribution is 0.473. The summed E-state index contributed by atoms with van der Waals surface area (Å²) in [5, 5.41) is 0.700. The molecule has 1 aromatic carbocycles. The van der Waals surface area contributed by atoms with Crippen LogP contribution in [0.1, 0.15) is 24.8 Å². The molecule has 0 radical (unpaired) electrons. The summed E-state index contributed by atoms with van der Waals surface area (Å²) >= 11 is 7.38. The number of para-hydroxylation sites is 1. The number of nitrogens with one attached hydrogen (secondary N) is 1. The Balaban J connectivity index is 1.67. The van der Waals surface area contributed by atoms with Crippen molar-refractivity contribution < 1.29 is 0 Å². The molecular formula is C23H24ClN7O2S. The highest BCUT2D eigenvalue weighted by Crippen LogP contribution is 2.24. The van der Waals surface area contributed by atoms with Gasteiger partial charge in [0.2, 0.25) is 5.95 Å². The van der Waals surface area contributed by atoms with E-state index < -0.39 is 11.2 Å². The molecule has 0 unspecified atom stereocenters. The fourth-order valence-corrected chi connectivity index (χ4v) is 5.55. The van der Waals surface area contributed by atoms with Crippen molar-refractivity contribution in [1.29, 1.82) is 0 Å². The number of aryl methyl sites for hydroxylation is 1. The first-order chi connectivity index (χ1) is 16.5. The third kappa shape index (κ3) is 3.90. The van der Waals surface area contributed by atoms with Gasteiger partial charge >= 0.3 is 5.69 Å². The van der Waals surface area contributed by atoms with Crippen LogP contribution in [-0.4, -0.2) is 42.8 Å². The van der Waals surface area contributed by atoms with Crippen LogP contribution in [0.5, 0.6) is 0 Å². The second-order valence-corrected chi connectivity index (χ2v) is 9.63. The van der Waals surface area contributed by atoms with Gasteiger partial charge in [-0.25, -0.2) is 14.6 Å². The SMILES string of the molecule is CC#CCn1c(N2CCC[C@@H](NCl)C2)nc2c1c(=O)n(Cc1nc3ccccc3s1)c(=O)n2C. The fourth-order valence-electron chi connectivity index (χ4n) is 4.42. The molecule has 4 aromatic rings. The second-order valence-electron chi connectivity index (χ2n) is 8.30. The maximum Gasteiger partial charge on any atom is 0.332 e. The smallest absolute Gasteiger partial charge is 0.332 e. The summed E-state index contributed by atoms with van der Waals surface area (Å²) in [6.07, 6.45) is 1.90. The Bertz CT molecular complexity index is 1520. The van der Waals surface area contributed by atoms with Crippen LogP contribution in [0.15, 0.2) is 33.9 Å². The van der Waals surface area contributed by atoms with Crippen molar-refractivity contribution in [2.24, 2.45) is 7.05 Å². The van der Waals surface area contributed by atoms with E-state index in [1.807, 2.05) is 28.8 Å². The van der Waals surface area contributed by atoms with Gasteiger partial charge in [0.25, 0.3) is 5.56 Å². The van der Waals surface area contributed by atoms with Crippen LogP contribution in [0.2, 0.25) is 0 Å². The Morgan fingerprint density at radius 3 is 2.82 bits per heavy atom. The molecule has 5 rings (SSSR count). The molecule has 1 aliphatic rings. The molecule has 0 saturated carbocycles. The van der Waals surface area contributed by atoms with E-state index in [4.69, 9.17) is 16.8 Å². The number of hydrogen-bond acceptors (Lipinski definition) is 7. The predicted octanol–water partition coefficient (Wildman–Crippen LogP) is 2.29. The molecule has 0 spiro atoms. The molecule has 4 heterocycles. The Hall–Kier alpha value is -3.13. The van der Waals surface area contributed by atoms with Gasteiger partial charge in [0.05, 0.1) is 23.3 Å². The monoisotopic (exact) mass is 497 g/mol. The molecule has 1 atom stereocenters. The maximum absolute atomic E-state index is 13.7. The van der Waals surface area contributed by atoms with Crippen LogP contribution in [0.25, 0.3) is 21.4 Å². The molecule has 9 nitrogen and oxygen atoms in total. The molecule has 0 amide bonds. The summed E-state index contributed by atoms with van der Waals surface area (Å²) in [7, 11) is 1.64. The van der Waals surface area contributed by atoms with Gasteiger partial charge in [-0.2, -0.15) is 4.98 Å². The highest BCUT2D eigenvalue weighted by atomic mass is 35.5. The predicted molar refractivity (Wildman–Crippen MR) is 136 cm³/mol. The number of aromatic nitrogens is 5. The van der Waals surface area contributed by atoms with Gasteiger partial charge in [-0.05, 0) is 43.7 Å². The van der Waals surface area contributed by atoms with Gasteiger partial charge in [0.15, 0.2) is 11.2 Å². The van der Waals surface area contributed by atoms with Crippen molar-refractivity contribution in [2.45, 2.75) is 38.9 Å². The van der Waals surface area contributed by atoms with Crippen LogP contribution < -0.4 is 21.0 Å². The van der Waals surface area contributed by atoms with E-state index >= 15 is 0 Å². The molecular weight excluding hydrogens is 474 g/mol. The van der Waals surface area contributed by atoms with E-state index in [0.29, 0.717) is 35.2 Å². The quantitative estimate of drug-likeness (QED) is 0.336. The standard InChI is InChI=1S/C23H24ClN7O2S/c1-3-4-12-30-19-20(26-22(30)29-11-7-8-15(13-29)27-24)28(2)23(33)31(21(19)32)14-18-25-16-9-5-6-10-17(16)34-18/h5-6,9-10,15,27H,7-8,11-14H2,1-2H3/t15-/m1/s1. The van der Waals surface area contributed by atoms with E-state index in [0.717, 1.165) is 29.6 Å². The summed E-state index contributed by atoms with van der Waals surface area (Å²) in [4.78, 5) is 41.2. The van der Waals surface area contributed by atoms with Gasteiger partial charge in [-0.3, -0.25) is 18.5 Å². The number of fused-ring (bicyclic) bond motifs is 2. The summed E-state index contributed by atoms with van der Waals surface area (Å²) in [6.45, 7) is 3.59. The lowest BCUT2D eigenvalue weighted by Gasteiger charge is -2.32. The lowest BCUT2D eigenvalue weighted by atomic mass is 10.1. The number of rotatable bonds is 5. The van der Waals surface area contributed by atoms with Gasteiger partial charge < -0.3 is 4.90 Å². The highest BCUT2D eigenvalue weighted by molar-refractivity contribution is 7.18. The minimum Gasteiger partial charge on any atom is -0.341 e. The van der Waals surface area contributed by atoms with E-state index in [2.05, 4.69) is 26.6 Å². The molecule has 3 aromatic heterocycles. The van der Waals surface area contributed by atoms with Crippen molar-refractivity contribution in [3.63, 3.8) is 0 Å². The van der Waals surface area contributed by atoms with Gasteiger partial charge in [-0.1, -0.05) is 18.1 Å². The third-order valence-corrected chi connectivity index (χ3v) is 7.45. The number of nitrogens with zero attached hydrogens (tertiary/aromatic N) is 6. The number of hydrogen-bond donors (Lipinski definition) is 1. The second kappa shape index (κ2) is 9.25. The van der Waals surface area contributed by atoms with Crippen LogP contribution in [0.4, 0.5) is 5.95 Å². The van der Waals surface area contributed by atoms with Gasteiger partial charge in [-0.15, -0.1) is 17.3 Å². The van der Waals surface area contributed by atoms with Crippen LogP contribution >= 0.6 is 23.1 Å². The van der Waals surface area contributed by atoms with Crippen molar-refractivity contribution in [1.82, 2.24) is 28.5 Å². The fraction of sp³-hybridized carbons (Fsp3) is 0.391. The average Bonchev–Trinajstić information content (AvgIpc) is 3.45. The number of benzene rings is 1. The number of thiazole rings is 1. The number of anilines is 1. The zero-order chi connectivity index (χ0) is 23.8. The summed E-state index contributed by atoms with van der Waals surface area (Å²) < 4.78 is 5.51. The zero-order valence-electron chi connectivity index (χ0n) is 18.9. The van der Waals surface area contributed by atoms with E-state index in [1.54, 1.807) is 14.0 Å². The Morgan fingerprint density at radius 1 is 1.24 bits per heavy atom. The molecule has 0 aliphatic carbocycles. The highest BCUT2D eigenvalue weighted by Gasteiger charge is 2.27. The number of piperidine rings is 1. The van der Waals surface area contributed by atoms with Gasteiger partial charge in [0, 0.05) is 26.2 Å². The minimum absolute atomic E-state index is 0.0999. The maximum atomic E-state index is 13.7. The summed E-state index contributed by atoms with van der Waals surface area (Å²) in [5.74, 6) is 6.58. The topological polar surface area (TPSA) is 90.0 Å². The molecule has 1 aliphatic heterocycles. The molecule has 1 fully saturated rings. The van der Waals surface area contributed by atoms with Crippen molar-refractivity contribution in [3.05, 3.63) is 50.1 Å². The first-order valence-electron chi connectivity index (χ1n) is 11.1. The minimum atomic E-state index is -0.423. The van der Waals surface area contributed by atoms with E-state index in [9.17, 15) is 9.59 Å². The largest absolute Gasteiger partial charge is 0.341 e. The van der Waals surface area contributed by atoms with Gasteiger partial charge in [0.1, 0.15) is 5.01 Å².